The SMILES string of the molecule is CS(=O)(=O)c1nnc(-c2ccc(NC(N)=S)cc2)o1. The van der Waals surface area contributed by atoms with Crippen molar-refractivity contribution in [2.75, 3.05) is 11.6 Å². The average molecular weight is 298 g/mol. The Kier molecular flexibility index (Phi) is 3.49. The second-order valence-electron chi connectivity index (χ2n) is 3.71. The molecule has 0 fully saturated rings. The van der Waals surface area contributed by atoms with Gasteiger partial charge in [-0.1, -0.05) is 5.10 Å². The summed E-state index contributed by atoms with van der Waals surface area (Å²) in [5.74, 6) is 0.127. The van der Waals surface area contributed by atoms with Crippen LogP contribution in [0, 0.1) is 0 Å². The number of nitrogens with two attached hydrogens (primary N) is 1. The van der Waals surface area contributed by atoms with E-state index in [9.17, 15) is 8.42 Å². The number of rotatable bonds is 3. The molecule has 1 heterocycles. The van der Waals surface area contributed by atoms with Crippen LogP contribution in [-0.4, -0.2) is 30.0 Å². The van der Waals surface area contributed by atoms with Gasteiger partial charge in [0.05, 0.1) is 0 Å². The van der Waals surface area contributed by atoms with Crippen molar-refractivity contribution < 1.29 is 12.8 Å². The fourth-order valence-electron chi connectivity index (χ4n) is 1.31. The van der Waals surface area contributed by atoms with E-state index < -0.39 is 15.1 Å². The monoisotopic (exact) mass is 298 g/mol. The lowest BCUT2D eigenvalue weighted by atomic mass is 10.2. The van der Waals surface area contributed by atoms with Gasteiger partial charge in [-0.3, -0.25) is 0 Å². The van der Waals surface area contributed by atoms with E-state index in [1.165, 1.54) is 0 Å². The van der Waals surface area contributed by atoms with Crippen LogP contribution in [0.3, 0.4) is 0 Å². The van der Waals surface area contributed by atoms with Gasteiger partial charge in [-0.05, 0) is 36.5 Å². The number of hydrogen-bond acceptors (Lipinski definition) is 6. The molecule has 1 aromatic carbocycles. The third-order valence-corrected chi connectivity index (χ3v) is 3.02. The van der Waals surface area contributed by atoms with E-state index in [1.807, 2.05) is 0 Å². The summed E-state index contributed by atoms with van der Waals surface area (Å²) in [4.78, 5) is 0. The molecule has 100 valence electrons. The molecular weight excluding hydrogens is 288 g/mol. The molecule has 0 bridgehead atoms. The van der Waals surface area contributed by atoms with Crippen LogP contribution in [0.25, 0.3) is 11.5 Å². The van der Waals surface area contributed by atoms with Crippen LogP contribution in [0.5, 0.6) is 0 Å². The molecule has 3 N–H and O–H groups in total. The Hall–Kier alpha value is -2.00. The molecule has 0 amide bonds. The van der Waals surface area contributed by atoms with E-state index in [4.69, 9.17) is 22.4 Å². The van der Waals surface area contributed by atoms with E-state index in [0.29, 0.717) is 11.3 Å². The zero-order chi connectivity index (χ0) is 14.0. The predicted octanol–water partition coefficient (Wildman–Crippen LogP) is 0.796. The number of nitrogens with zero attached hydrogens (tertiary/aromatic N) is 2. The van der Waals surface area contributed by atoms with Crippen LogP contribution < -0.4 is 11.1 Å². The van der Waals surface area contributed by atoms with Crippen molar-refractivity contribution in [3.8, 4) is 11.5 Å². The lowest BCUT2D eigenvalue weighted by Crippen LogP contribution is -2.18. The molecule has 0 saturated heterocycles. The van der Waals surface area contributed by atoms with E-state index in [2.05, 4.69) is 15.5 Å². The van der Waals surface area contributed by atoms with Gasteiger partial charge in [-0.2, -0.15) is 0 Å². The van der Waals surface area contributed by atoms with Crippen molar-refractivity contribution in [3.05, 3.63) is 24.3 Å². The third kappa shape index (κ3) is 3.26. The maximum atomic E-state index is 11.2. The summed E-state index contributed by atoms with van der Waals surface area (Å²) in [6.45, 7) is 0. The van der Waals surface area contributed by atoms with Gasteiger partial charge in [0, 0.05) is 17.5 Å². The third-order valence-electron chi connectivity index (χ3n) is 2.12. The highest BCUT2D eigenvalue weighted by Gasteiger charge is 2.17. The van der Waals surface area contributed by atoms with Crippen LogP contribution in [0.4, 0.5) is 5.69 Å². The summed E-state index contributed by atoms with van der Waals surface area (Å²) in [6.07, 6.45) is 1.000. The standard InChI is InChI=1S/C10H10N4O3S2/c1-19(15,16)10-14-13-8(17-10)6-2-4-7(5-3-6)12-9(11)18/h2-5H,1H3,(H3,11,12,18). The molecule has 0 unspecified atom stereocenters. The Bertz CT molecular complexity index is 707. The van der Waals surface area contributed by atoms with Gasteiger partial charge in [0.15, 0.2) is 5.11 Å². The maximum absolute atomic E-state index is 11.2. The van der Waals surface area contributed by atoms with Gasteiger partial charge in [0.1, 0.15) is 0 Å². The molecule has 2 rings (SSSR count). The number of benzene rings is 1. The Morgan fingerprint density at radius 1 is 1.32 bits per heavy atom. The number of hydrogen-bond donors (Lipinski definition) is 2. The van der Waals surface area contributed by atoms with E-state index in [1.54, 1.807) is 24.3 Å². The highest BCUT2D eigenvalue weighted by molar-refractivity contribution is 7.90. The fraction of sp³-hybridized carbons (Fsp3) is 0.100. The van der Waals surface area contributed by atoms with Gasteiger partial charge in [0.2, 0.25) is 15.7 Å². The lowest BCUT2D eigenvalue weighted by molar-refractivity contribution is 0.442. The van der Waals surface area contributed by atoms with Gasteiger partial charge >= 0.3 is 5.22 Å². The molecule has 0 aliphatic carbocycles. The summed E-state index contributed by atoms with van der Waals surface area (Å²) < 4.78 is 27.5. The Morgan fingerprint density at radius 2 is 1.95 bits per heavy atom. The zero-order valence-electron chi connectivity index (χ0n) is 9.82. The van der Waals surface area contributed by atoms with E-state index in [-0.39, 0.29) is 11.0 Å². The largest absolute Gasteiger partial charge is 0.408 e. The van der Waals surface area contributed by atoms with Crippen molar-refractivity contribution in [1.29, 1.82) is 0 Å². The molecule has 2 aromatic rings. The first kappa shape index (κ1) is 13.4. The maximum Gasteiger partial charge on any atom is 0.335 e. The Balaban J connectivity index is 2.28. The van der Waals surface area contributed by atoms with Crippen LogP contribution in [0.1, 0.15) is 0 Å². The van der Waals surface area contributed by atoms with Gasteiger partial charge in [0.25, 0.3) is 0 Å². The number of aromatic nitrogens is 2. The molecule has 0 radical (unpaired) electrons. The van der Waals surface area contributed by atoms with Crippen LogP contribution in [0.15, 0.2) is 33.9 Å². The zero-order valence-corrected chi connectivity index (χ0v) is 11.5. The quantitative estimate of drug-likeness (QED) is 0.800. The Labute approximate surface area is 114 Å². The minimum absolute atomic E-state index is 0.127. The molecule has 0 aliphatic heterocycles. The van der Waals surface area contributed by atoms with Crippen molar-refractivity contribution in [1.82, 2.24) is 10.2 Å². The van der Waals surface area contributed by atoms with Crippen LogP contribution in [-0.2, 0) is 9.84 Å². The summed E-state index contributed by atoms with van der Waals surface area (Å²) in [6, 6.07) is 6.78. The molecule has 7 nitrogen and oxygen atoms in total. The average Bonchev–Trinajstić information content (AvgIpc) is 2.78. The van der Waals surface area contributed by atoms with Gasteiger partial charge in [-0.15, -0.1) is 5.10 Å². The normalized spacial score (nSPS) is 11.2. The first-order valence-electron chi connectivity index (χ1n) is 5.07. The predicted molar refractivity (Wildman–Crippen MR) is 73.3 cm³/mol. The smallest absolute Gasteiger partial charge is 0.335 e. The van der Waals surface area contributed by atoms with Crippen molar-refractivity contribution in [3.63, 3.8) is 0 Å². The van der Waals surface area contributed by atoms with Crippen LogP contribution >= 0.6 is 12.2 Å². The van der Waals surface area contributed by atoms with E-state index >= 15 is 0 Å². The number of sulfone groups is 1. The van der Waals surface area contributed by atoms with Crippen molar-refractivity contribution in [2.45, 2.75) is 5.22 Å². The lowest BCUT2D eigenvalue weighted by Gasteiger charge is -2.03. The molecule has 9 heteroatoms. The molecule has 1 aromatic heterocycles. The summed E-state index contributed by atoms with van der Waals surface area (Å²) >= 11 is 4.71. The summed E-state index contributed by atoms with van der Waals surface area (Å²) in [5, 5.41) is 9.66. The minimum atomic E-state index is -3.50. The molecule has 0 aliphatic rings. The summed E-state index contributed by atoms with van der Waals surface area (Å²) in [7, 11) is -3.50. The van der Waals surface area contributed by atoms with Crippen molar-refractivity contribution in [2.24, 2.45) is 5.73 Å². The second kappa shape index (κ2) is 4.94. The van der Waals surface area contributed by atoms with Gasteiger partial charge in [-0.25, -0.2) is 8.42 Å². The number of nitrogens with one attached hydrogen (secondary N) is 1. The van der Waals surface area contributed by atoms with Crippen LogP contribution in [0.2, 0.25) is 0 Å². The highest BCUT2D eigenvalue weighted by atomic mass is 32.2. The van der Waals surface area contributed by atoms with Crippen molar-refractivity contribution >= 4 is 32.9 Å². The topological polar surface area (TPSA) is 111 Å². The molecular formula is C10H10N4O3S2. The van der Waals surface area contributed by atoms with Gasteiger partial charge < -0.3 is 15.5 Å². The molecule has 0 atom stereocenters. The second-order valence-corrected chi connectivity index (χ2v) is 6.05. The first-order valence-corrected chi connectivity index (χ1v) is 7.36. The summed E-state index contributed by atoms with van der Waals surface area (Å²) in [5.41, 5.74) is 6.64. The molecule has 0 spiro atoms. The molecule has 0 saturated carbocycles. The Morgan fingerprint density at radius 3 is 2.42 bits per heavy atom. The fourth-order valence-corrected chi connectivity index (χ4v) is 1.85. The minimum Gasteiger partial charge on any atom is -0.408 e. The van der Waals surface area contributed by atoms with E-state index in [0.717, 1.165) is 6.26 Å². The molecule has 19 heavy (non-hydrogen) atoms. The number of thiocarbonyl (C=S) groups is 1. The highest BCUT2D eigenvalue weighted by Crippen LogP contribution is 2.21. The number of anilines is 1. The first-order chi connectivity index (χ1) is 8.86.